The first-order chi connectivity index (χ1) is 2.81. The predicted molar refractivity (Wildman–Crippen MR) is 27.9 cm³/mol. The second-order valence-corrected chi connectivity index (χ2v) is 1.35. The Kier molecular flexibility index (Phi) is 3.17. The van der Waals surface area contributed by atoms with Gasteiger partial charge in [-0.2, -0.15) is 12.6 Å². The van der Waals surface area contributed by atoms with Crippen LogP contribution in [0.15, 0.2) is 0 Å². The third-order valence-corrected chi connectivity index (χ3v) is 0.807. The van der Waals surface area contributed by atoms with Gasteiger partial charge < -0.3 is 10.5 Å². The van der Waals surface area contributed by atoms with Gasteiger partial charge in [0.2, 0.25) is 0 Å². The van der Waals surface area contributed by atoms with Crippen LogP contribution in [-0.4, -0.2) is 18.1 Å². The maximum atomic E-state index is 9.56. The molecule has 0 radical (unpaired) electrons. The van der Waals surface area contributed by atoms with Gasteiger partial charge in [-0.25, -0.2) is 0 Å². The number of nitrogens with two attached hydrogens (primary N) is 1. The summed E-state index contributed by atoms with van der Waals surface area (Å²) in [5.41, 5.74) is 5.03. The monoisotopic (exact) mass is 105 g/mol. The minimum Gasteiger partial charge on any atom is -0.321 e. The van der Waals surface area contributed by atoms with Crippen LogP contribution in [0.5, 0.6) is 0 Å². The lowest BCUT2D eigenvalue weighted by molar-refractivity contribution is -0.108. The lowest BCUT2D eigenvalue weighted by Gasteiger charge is -1.90. The van der Waals surface area contributed by atoms with E-state index in [0.717, 1.165) is 0 Å². The Bertz CT molecular complexity index is 48.1. The molecule has 0 rings (SSSR count). The molecule has 0 unspecified atom stereocenters. The summed E-state index contributed by atoms with van der Waals surface area (Å²) in [6.45, 7) is 0. The number of carbonyl (C=O) groups excluding carboxylic acids is 1. The Hall–Kier alpha value is -0.0200. The van der Waals surface area contributed by atoms with Gasteiger partial charge in [0.1, 0.15) is 6.29 Å². The van der Waals surface area contributed by atoms with Crippen molar-refractivity contribution in [3.8, 4) is 0 Å². The molecule has 0 aromatic carbocycles. The highest BCUT2D eigenvalue weighted by molar-refractivity contribution is 7.80. The molecule has 0 aromatic rings. The van der Waals surface area contributed by atoms with Gasteiger partial charge in [0.25, 0.3) is 0 Å². The van der Waals surface area contributed by atoms with E-state index in [9.17, 15) is 4.79 Å². The highest BCUT2D eigenvalue weighted by Gasteiger charge is 1.89. The number of hydrogen-bond acceptors (Lipinski definition) is 3. The molecule has 0 spiro atoms. The molecule has 6 heavy (non-hydrogen) atoms. The van der Waals surface area contributed by atoms with Crippen molar-refractivity contribution in [2.24, 2.45) is 5.73 Å². The predicted octanol–water partition coefficient (Wildman–Crippen LogP) is -0.558. The molecule has 0 fully saturated rings. The van der Waals surface area contributed by atoms with Gasteiger partial charge in [-0.05, 0) is 0 Å². The first-order valence-corrected chi connectivity index (χ1v) is 2.26. The molecule has 3 heteroatoms. The average molecular weight is 105 g/mol. The summed E-state index contributed by atoms with van der Waals surface area (Å²) >= 11 is 3.74. The van der Waals surface area contributed by atoms with Crippen molar-refractivity contribution >= 4 is 18.9 Å². The van der Waals surface area contributed by atoms with Crippen LogP contribution in [0.25, 0.3) is 0 Å². The zero-order chi connectivity index (χ0) is 4.99. The molecule has 36 valence electrons. The van der Waals surface area contributed by atoms with Crippen LogP contribution in [0.1, 0.15) is 0 Å². The number of aldehydes is 1. The van der Waals surface area contributed by atoms with Crippen molar-refractivity contribution in [2.45, 2.75) is 6.04 Å². The Morgan fingerprint density at radius 3 is 2.50 bits per heavy atom. The normalized spacial score (nSPS) is 13.7. The molecule has 2 N–H and O–H groups in total. The standard InChI is InChI=1S/C3H7NOS/c4-3(1-5)2-6/h1,3,6H,2,4H2/t3-/m0/s1. The largest absolute Gasteiger partial charge is 0.321 e. The Morgan fingerprint density at radius 1 is 2.00 bits per heavy atom. The van der Waals surface area contributed by atoms with E-state index in [-0.39, 0.29) is 6.04 Å². The number of rotatable bonds is 2. The summed E-state index contributed by atoms with van der Waals surface area (Å²) in [5, 5.41) is 0. The third kappa shape index (κ3) is 2.23. The second kappa shape index (κ2) is 3.18. The molecule has 0 aromatic heterocycles. The number of thiol groups is 1. The SMILES string of the molecule is N[C@@H](C=O)CS. The first kappa shape index (κ1) is 5.98. The van der Waals surface area contributed by atoms with Crippen LogP contribution < -0.4 is 5.73 Å². The molecule has 0 bridgehead atoms. The molecule has 0 saturated carbocycles. The van der Waals surface area contributed by atoms with Crippen molar-refractivity contribution in [3.63, 3.8) is 0 Å². The van der Waals surface area contributed by atoms with Crippen LogP contribution in [0, 0.1) is 0 Å². The minimum absolute atomic E-state index is 0.381. The molecule has 0 aliphatic carbocycles. The van der Waals surface area contributed by atoms with Crippen LogP contribution in [-0.2, 0) is 4.79 Å². The number of hydrogen-bond donors (Lipinski definition) is 2. The van der Waals surface area contributed by atoms with Gasteiger partial charge in [0, 0.05) is 5.75 Å². The van der Waals surface area contributed by atoms with E-state index in [1.54, 1.807) is 0 Å². The van der Waals surface area contributed by atoms with Crippen LogP contribution in [0.4, 0.5) is 0 Å². The van der Waals surface area contributed by atoms with Crippen molar-refractivity contribution in [1.29, 1.82) is 0 Å². The molecular formula is C3H7NOS. The minimum atomic E-state index is -0.381. The van der Waals surface area contributed by atoms with Crippen molar-refractivity contribution in [1.82, 2.24) is 0 Å². The summed E-state index contributed by atoms with van der Waals surface area (Å²) < 4.78 is 0. The molecule has 0 saturated heterocycles. The fraction of sp³-hybridized carbons (Fsp3) is 0.667. The van der Waals surface area contributed by atoms with Crippen LogP contribution in [0.3, 0.4) is 0 Å². The maximum Gasteiger partial charge on any atom is 0.137 e. The Balaban J connectivity index is 2.96. The fourth-order valence-corrected chi connectivity index (χ4v) is 0.129. The highest BCUT2D eigenvalue weighted by atomic mass is 32.1. The van der Waals surface area contributed by atoms with Crippen LogP contribution in [0.2, 0.25) is 0 Å². The fourth-order valence-electron chi connectivity index (χ4n) is 0.0430. The highest BCUT2D eigenvalue weighted by Crippen LogP contribution is 1.73. The van der Waals surface area contributed by atoms with E-state index in [1.807, 2.05) is 0 Å². The van der Waals surface area contributed by atoms with E-state index in [2.05, 4.69) is 12.6 Å². The zero-order valence-electron chi connectivity index (χ0n) is 3.29. The lowest BCUT2D eigenvalue weighted by atomic mass is 10.4. The molecule has 0 heterocycles. The molecule has 0 aliphatic heterocycles. The third-order valence-electron chi connectivity index (χ3n) is 0.386. The van der Waals surface area contributed by atoms with E-state index in [4.69, 9.17) is 5.73 Å². The summed E-state index contributed by atoms with van der Waals surface area (Å²) in [4.78, 5) is 9.56. The van der Waals surface area contributed by atoms with Gasteiger partial charge in [0.15, 0.2) is 0 Å². The smallest absolute Gasteiger partial charge is 0.137 e. The zero-order valence-corrected chi connectivity index (χ0v) is 4.19. The van der Waals surface area contributed by atoms with Crippen molar-refractivity contribution in [2.75, 3.05) is 5.75 Å². The quantitative estimate of drug-likeness (QED) is 0.365. The molecule has 1 atom stereocenters. The lowest BCUT2D eigenvalue weighted by Crippen LogP contribution is -2.22. The van der Waals surface area contributed by atoms with E-state index in [1.165, 1.54) is 0 Å². The van der Waals surface area contributed by atoms with Crippen molar-refractivity contribution < 1.29 is 4.79 Å². The maximum absolute atomic E-state index is 9.56. The topological polar surface area (TPSA) is 43.1 Å². The van der Waals surface area contributed by atoms with E-state index >= 15 is 0 Å². The molecule has 0 aliphatic rings. The van der Waals surface area contributed by atoms with Gasteiger partial charge in [-0.3, -0.25) is 0 Å². The number of carbonyl (C=O) groups is 1. The molecular weight excluding hydrogens is 98.1 g/mol. The average Bonchev–Trinajstić information content (AvgIpc) is 1.65. The van der Waals surface area contributed by atoms with Gasteiger partial charge in [-0.1, -0.05) is 0 Å². The van der Waals surface area contributed by atoms with E-state index in [0.29, 0.717) is 12.0 Å². The van der Waals surface area contributed by atoms with Crippen LogP contribution >= 0.6 is 12.6 Å². The van der Waals surface area contributed by atoms with Gasteiger partial charge in [-0.15, -0.1) is 0 Å². The Morgan fingerprint density at radius 2 is 2.50 bits per heavy atom. The summed E-state index contributed by atoms with van der Waals surface area (Å²) in [6.07, 6.45) is 0.674. The van der Waals surface area contributed by atoms with Crippen molar-refractivity contribution in [3.05, 3.63) is 0 Å². The van der Waals surface area contributed by atoms with Gasteiger partial charge >= 0.3 is 0 Å². The summed E-state index contributed by atoms with van der Waals surface area (Å²) in [5.74, 6) is 0.434. The summed E-state index contributed by atoms with van der Waals surface area (Å²) in [7, 11) is 0. The van der Waals surface area contributed by atoms with Gasteiger partial charge in [0.05, 0.1) is 6.04 Å². The second-order valence-electron chi connectivity index (χ2n) is 0.983. The molecule has 0 amide bonds. The first-order valence-electron chi connectivity index (χ1n) is 1.63. The molecule has 2 nitrogen and oxygen atoms in total. The summed E-state index contributed by atoms with van der Waals surface area (Å²) in [6, 6.07) is -0.381. The Labute approximate surface area is 42.1 Å². The van der Waals surface area contributed by atoms with E-state index < -0.39 is 0 Å².